The fraction of sp³-hybridized carbons (Fsp3) is 0.217. The maximum atomic E-state index is 12.8. The van der Waals surface area contributed by atoms with Crippen molar-refractivity contribution in [3.63, 3.8) is 0 Å². The standard InChI is InChI=1S/C23H19F3N4O/c24-23(25,26)18-8-10-19(11-9-18)30-22(31)29-13-12-28(15-21(29)27-30)14-17-6-3-5-16-4-1-2-7-20(16)17/h1-11H,12-15H2. The molecule has 0 unspecified atom stereocenters. The highest BCUT2D eigenvalue weighted by atomic mass is 19.4. The second-order valence-corrected chi connectivity index (χ2v) is 7.66. The first kappa shape index (κ1) is 19.6. The van der Waals surface area contributed by atoms with Crippen molar-refractivity contribution in [3.8, 4) is 5.69 Å². The number of nitrogens with zero attached hydrogens (tertiary/aromatic N) is 4. The largest absolute Gasteiger partial charge is 0.416 e. The van der Waals surface area contributed by atoms with Crippen LogP contribution in [0.25, 0.3) is 16.5 Å². The highest BCUT2D eigenvalue weighted by Crippen LogP contribution is 2.29. The molecule has 0 amide bonds. The van der Waals surface area contributed by atoms with Crippen molar-refractivity contribution < 1.29 is 13.2 Å². The molecule has 0 atom stereocenters. The minimum absolute atomic E-state index is 0.320. The van der Waals surface area contributed by atoms with E-state index in [0.29, 0.717) is 31.1 Å². The maximum Gasteiger partial charge on any atom is 0.416 e. The van der Waals surface area contributed by atoms with Gasteiger partial charge >= 0.3 is 11.9 Å². The number of hydrogen-bond acceptors (Lipinski definition) is 3. The second kappa shape index (κ2) is 7.39. The van der Waals surface area contributed by atoms with Gasteiger partial charge < -0.3 is 0 Å². The lowest BCUT2D eigenvalue weighted by molar-refractivity contribution is -0.137. The van der Waals surface area contributed by atoms with Gasteiger partial charge in [0.05, 0.1) is 17.8 Å². The summed E-state index contributed by atoms with van der Waals surface area (Å²) in [4.78, 5) is 15.0. The van der Waals surface area contributed by atoms with Crippen LogP contribution in [0.5, 0.6) is 0 Å². The summed E-state index contributed by atoms with van der Waals surface area (Å²) in [5.74, 6) is 0.608. The first-order valence-electron chi connectivity index (χ1n) is 9.95. The Morgan fingerprint density at radius 3 is 2.42 bits per heavy atom. The van der Waals surface area contributed by atoms with Crippen molar-refractivity contribution in [2.24, 2.45) is 0 Å². The van der Waals surface area contributed by atoms with Crippen LogP contribution >= 0.6 is 0 Å². The first-order chi connectivity index (χ1) is 14.9. The van der Waals surface area contributed by atoms with Gasteiger partial charge in [-0.15, -0.1) is 5.10 Å². The van der Waals surface area contributed by atoms with Crippen LogP contribution in [0, 0.1) is 0 Å². The van der Waals surface area contributed by atoms with Crippen molar-refractivity contribution in [2.45, 2.75) is 25.8 Å². The molecule has 0 saturated heterocycles. The van der Waals surface area contributed by atoms with E-state index in [1.54, 1.807) is 4.57 Å². The minimum atomic E-state index is -4.42. The molecule has 3 aromatic carbocycles. The maximum absolute atomic E-state index is 12.8. The molecule has 8 heteroatoms. The summed E-state index contributed by atoms with van der Waals surface area (Å²) in [7, 11) is 0. The summed E-state index contributed by atoms with van der Waals surface area (Å²) < 4.78 is 41.2. The smallest absolute Gasteiger partial charge is 0.290 e. The van der Waals surface area contributed by atoms with Gasteiger partial charge in [0.2, 0.25) is 0 Å². The average Bonchev–Trinajstić information content (AvgIpc) is 3.09. The summed E-state index contributed by atoms with van der Waals surface area (Å²) in [5.41, 5.74) is 0.436. The summed E-state index contributed by atoms with van der Waals surface area (Å²) in [6.45, 7) is 2.39. The van der Waals surface area contributed by atoms with E-state index in [9.17, 15) is 18.0 Å². The van der Waals surface area contributed by atoms with Gasteiger partial charge in [0.25, 0.3) is 0 Å². The molecular weight excluding hydrogens is 405 g/mol. The Morgan fingerprint density at radius 1 is 0.903 bits per heavy atom. The fourth-order valence-corrected chi connectivity index (χ4v) is 4.07. The Bertz CT molecular complexity index is 1300. The van der Waals surface area contributed by atoms with Gasteiger partial charge in [-0.2, -0.15) is 17.9 Å². The molecule has 0 fully saturated rings. The van der Waals surface area contributed by atoms with Gasteiger partial charge in [-0.1, -0.05) is 42.5 Å². The van der Waals surface area contributed by atoms with Crippen molar-refractivity contribution in [1.29, 1.82) is 0 Å². The summed E-state index contributed by atoms with van der Waals surface area (Å²) in [5, 5.41) is 6.79. The quantitative estimate of drug-likeness (QED) is 0.495. The van der Waals surface area contributed by atoms with Crippen LogP contribution in [0.15, 0.2) is 71.5 Å². The molecule has 5 rings (SSSR count). The van der Waals surface area contributed by atoms with E-state index in [-0.39, 0.29) is 5.69 Å². The van der Waals surface area contributed by atoms with Gasteiger partial charge in [-0.25, -0.2) is 4.79 Å². The number of alkyl halides is 3. The topological polar surface area (TPSA) is 43.1 Å². The Morgan fingerprint density at radius 2 is 1.65 bits per heavy atom. The molecule has 0 N–H and O–H groups in total. The van der Waals surface area contributed by atoms with Gasteiger partial charge in [0, 0.05) is 19.6 Å². The number of fused-ring (bicyclic) bond motifs is 2. The van der Waals surface area contributed by atoms with Crippen LogP contribution in [0.2, 0.25) is 0 Å². The van der Waals surface area contributed by atoms with Gasteiger partial charge in [-0.3, -0.25) is 9.47 Å². The molecule has 0 bridgehead atoms. The van der Waals surface area contributed by atoms with E-state index >= 15 is 0 Å². The highest BCUT2D eigenvalue weighted by molar-refractivity contribution is 5.85. The van der Waals surface area contributed by atoms with Crippen LogP contribution in [0.4, 0.5) is 13.2 Å². The number of rotatable bonds is 3. The lowest BCUT2D eigenvalue weighted by Gasteiger charge is -2.26. The van der Waals surface area contributed by atoms with Crippen LogP contribution in [0.1, 0.15) is 17.0 Å². The van der Waals surface area contributed by atoms with E-state index in [1.165, 1.54) is 33.2 Å². The monoisotopic (exact) mass is 424 g/mol. The fourth-order valence-electron chi connectivity index (χ4n) is 4.07. The number of hydrogen-bond donors (Lipinski definition) is 0. The zero-order valence-corrected chi connectivity index (χ0v) is 16.5. The van der Waals surface area contributed by atoms with Crippen molar-refractivity contribution >= 4 is 10.8 Å². The molecule has 5 nitrogen and oxygen atoms in total. The van der Waals surface area contributed by atoms with E-state index in [4.69, 9.17) is 0 Å². The third kappa shape index (κ3) is 3.63. The lowest BCUT2D eigenvalue weighted by atomic mass is 10.0. The number of benzene rings is 3. The molecule has 0 spiro atoms. The van der Waals surface area contributed by atoms with Crippen LogP contribution < -0.4 is 5.69 Å². The Hall–Kier alpha value is -3.39. The molecule has 1 aliphatic rings. The summed E-state index contributed by atoms with van der Waals surface area (Å²) in [6, 6.07) is 18.9. The van der Waals surface area contributed by atoms with E-state index in [0.717, 1.165) is 18.7 Å². The lowest BCUT2D eigenvalue weighted by Crippen LogP contribution is -2.37. The Kier molecular flexibility index (Phi) is 4.66. The van der Waals surface area contributed by atoms with Crippen molar-refractivity contribution in [1.82, 2.24) is 19.2 Å². The molecule has 1 aliphatic heterocycles. The second-order valence-electron chi connectivity index (χ2n) is 7.66. The molecule has 4 aromatic rings. The average molecular weight is 424 g/mol. The molecule has 2 heterocycles. The number of aromatic nitrogens is 3. The molecule has 158 valence electrons. The zero-order chi connectivity index (χ0) is 21.6. The number of halogens is 3. The third-order valence-electron chi connectivity index (χ3n) is 5.66. The third-order valence-corrected chi connectivity index (χ3v) is 5.66. The van der Waals surface area contributed by atoms with E-state index < -0.39 is 11.7 Å². The molecule has 1 aromatic heterocycles. The van der Waals surface area contributed by atoms with E-state index in [2.05, 4.69) is 34.3 Å². The van der Waals surface area contributed by atoms with Crippen molar-refractivity contribution in [3.05, 3.63) is 94.2 Å². The highest BCUT2D eigenvalue weighted by Gasteiger charge is 2.30. The molecule has 0 aliphatic carbocycles. The normalized spacial score (nSPS) is 14.7. The predicted octanol–water partition coefficient (Wildman–Crippen LogP) is 4.22. The Balaban J connectivity index is 1.40. The predicted molar refractivity (Wildman–Crippen MR) is 111 cm³/mol. The van der Waals surface area contributed by atoms with Crippen molar-refractivity contribution in [2.75, 3.05) is 6.54 Å². The van der Waals surface area contributed by atoms with Crippen LogP contribution in [-0.2, 0) is 25.8 Å². The molecular formula is C23H19F3N4O. The van der Waals surface area contributed by atoms with Gasteiger partial charge in [-0.05, 0) is 40.6 Å². The Labute approximate surface area is 176 Å². The minimum Gasteiger partial charge on any atom is -0.290 e. The van der Waals surface area contributed by atoms with E-state index in [1.807, 2.05) is 18.2 Å². The molecule has 0 radical (unpaired) electrons. The molecule has 31 heavy (non-hydrogen) atoms. The summed E-state index contributed by atoms with van der Waals surface area (Å²) in [6.07, 6.45) is -4.42. The van der Waals surface area contributed by atoms with Crippen LogP contribution in [-0.4, -0.2) is 25.8 Å². The summed E-state index contributed by atoms with van der Waals surface area (Å²) >= 11 is 0. The zero-order valence-electron chi connectivity index (χ0n) is 16.5. The SMILES string of the molecule is O=c1n(-c2ccc(C(F)(F)F)cc2)nc2n1CCN(Cc1cccc3ccccc13)C2. The van der Waals surface area contributed by atoms with Gasteiger partial charge in [0.15, 0.2) is 0 Å². The molecule has 0 saturated carbocycles. The first-order valence-corrected chi connectivity index (χ1v) is 9.95. The van der Waals surface area contributed by atoms with Crippen LogP contribution in [0.3, 0.4) is 0 Å². The van der Waals surface area contributed by atoms with Gasteiger partial charge in [0.1, 0.15) is 5.82 Å².